The van der Waals surface area contributed by atoms with Crippen molar-refractivity contribution in [3.63, 3.8) is 0 Å². The van der Waals surface area contributed by atoms with Crippen molar-refractivity contribution in [3.05, 3.63) is 65.4 Å². The van der Waals surface area contributed by atoms with Gasteiger partial charge in [-0.1, -0.05) is 11.6 Å². The van der Waals surface area contributed by atoms with Crippen molar-refractivity contribution in [1.82, 2.24) is 14.5 Å². The minimum absolute atomic E-state index is 0.162. The number of aryl methyl sites for hydroxylation is 2. The summed E-state index contributed by atoms with van der Waals surface area (Å²) >= 11 is 0. The highest BCUT2D eigenvalue weighted by molar-refractivity contribution is 6.12. The number of hydrogen-bond donors (Lipinski definition) is 1. The van der Waals surface area contributed by atoms with E-state index < -0.39 is 30.1 Å². The zero-order chi connectivity index (χ0) is 21.0. The third kappa shape index (κ3) is 2.83. The van der Waals surface area contributed by atoms with Gasteiger partial charge in [0.05, 0.1) is 17.2 Å². The Morgan fingerprint density at radius 3 is 2.60 bits per heavy atom. The number of imidazole rings is 1. The van der Waals surface area contributed by atoms with E-state index in [9.17, 15) is 14.4 Å². The highest BCUT2D eigenvalue weighted by Gasteiger charge is 2.49. The molecule has 3 unspecified atom stereocenters. The summed E-state index contributed by atoms with van der Waals surface area (Å²) in [5, 5.41) is 0.765. The summed E-state index contributed by atoms with van der Waals surface area (Å²) in [7, 11) is 0. The lowest BCUT2D eigenvalue weighted by Gasteiger charge is -2.36. The largest absolute Gasteiger partial charge is 0.454 e. The number of fused-ring (bicyclic) bond motifs is 5. The molecule has 0 saturated heterocycles. The fourth-order valence-corrected chi connectivity index (χ4v) is 4.25. The van der Waals surface area contributed by atoms with E-state index in [0.717, 1.165) is 34.4 Å². The van der Waals surface area contributed by atoms with E-state index in [0.29, 0.717) is 11.3 Å². The Hall–Kier alpha value is -3.68. The van der Waals surface area contributed by atoms with Crippen molar-refractivity contribution in [2.24, 2.45) is 5.92 Å². The first-order valence-corrected chi connectivity index (χ1v) is 9.66. The second-order valence-electron chi connectivity index (χ2n) is 7.65. The third-order valence-corrected chi connectivity index (χ3v) is 5.71. The summed E-state index contributed by atoms with van der Waals surface area (Å²) in [6, 6.07) is 5.75. The maximum absolute atomic E-state index is 13.7. The number of ketones is 1. The fraction of sp³-hybridized carbons (Fsp3) is 0.273. The van der Waals surface area contributed by atoms with Crippen LogP contribution < -0.4 is 0 Å². The molecule has 0 radical (unpaired) electrons. The number of aromatic amines is 1. The van der Waals surface area contributed by atoms with Gasteiger partial charge in [-0.3, -0.25) is 4.79 Å². The van der Waals surface area contributed by atoms with Gasteiger partial charge in [0, 0.05) is 42.0 Å². The normalized spacial score (nSPS) is 24.5. The van der Waals surface area contributed by atoms with Crippen LogP contribution in [0.3, 0.4) is 0 Å². The van der Waals surface area contributed by atoms with Crippen LogP contribution in [0.5, 0.6) is 0 Å². The Morgan fingerprint density at radius 2 is 1.87 bits per heavy atom. The van der Waals surface area contributed by atoms with E-state index in [1.54, 1.807) is 12.4 Å². The molecule has 2 aliphatic rings. The van der Waals surface area contributed by atoms with Gasteiger partial charge >= 0.3 is 11.9 Å². The standard InChI is InChI=1S/C22H19N3O5/c1-11-3-4-15-13(9-11)18-19(24-15)22-21(29-16(26)5-6-17(27)30-22)14(20(18)28)10-25-8-7-23-12(25)2/h3-9,14,21-22,24H,10H2,1-2H3/b6-5-. The molecule has 0 spiro atoms. The van der Waals surface area contributed by atoms with Crippen molar-refractivity contribution in [2.75, 3.05) is 0 Å². The van der Waals surface area contributed by atoms with Gasteiger partial charge in [0.25, 0.3) is 0 Å². The van der Waals surface area contributed by atoms with Crippen LogP contribution in [0.1, 0.15) is 33.5 Å². The second-order valence-corrected chi connectivity index (χ2v) is 7.65. The second kappa shape index (κ2) is 6.69. The van der Waals surface area contributed by atoms with Gasteiger partial charge in [0.1, 0.15) is 5.82 Å². The lowest BCUT2D eigenvalue weighted by molar-refractivity contribution is -0.169. The molecule has 0 bridgehead atoms. The molecule has 3 aromatic rings. The molecule has 1 aliphatic carbocycles. The Bertz CT molecular complexity index is 1230. The smallest absolute Gasteiger partial charge is 0.331 e. The van der Waals surface area contributed by atoms with Crippen molar-refractivity contribution >= 4 is 28.6 Å². The monoisotopic (exact) mass is 405 g/mol. The molecule has 5 rings (SSSR count). The highest BCUT2D eigenvalue weighted by Crippen LogP contribution is 2.42. The number of Topliss-reactive ketones (excluding diaryl/α,β-unsaturated/α-hetero) is 1. The molecule has 3 heterocycles. The number of aromatic nitrogens is 3. The van der Waals surface area contributed by atoms with Gasteiger partial charge in [0.2, 0.25) is 0 Å². The molecule has 1 aliphatic heterocycles. The third-order valence-electron chi connectivity index (χ3n) is 5.71. The van der Waals surface area contributed by atoms with Gasteiger partial charge < -0.3 is 19.0 Å². The molecule has 3 atom stereocenters. The number of ether oxygens (including phenoxy) is 2. The molecule has 2 aromatic heterocycles. The van der Waals surface area contributed by atoms with Gasteiger partial charge in [0.15, 0.2) is 18.0 Å². The van der Waals surface area contributed by atoms with Crippen LogP contribution in [0.15, 0.2) is 42.7 Å². The summed E-state index contributed by atoms with van der Waals surface area (Å²) in [6.45, 7) is 4.03. The number of H-pyrrole nitrogens is 1. The number of nitrogens with one attached hydrogen (secondary N) is 1. The number of rotatable bonds is 2. The Balaban J connectivity index is 1.71. The lowest BCUT2D eigenvalue weighted by Crippen LogP contribution is -2.45. The van der Waals surface area contributed by atoms with Gasteiger partial charge in [-0.15, -0.1) is 0 Å². The zero-order valence-corrected chi connectivity index (χ0v) is 16.4. The summed E-state index contributed by atoms with van der Waals surface area (Å²) in [5.41, 5.74) is 2.70. The van der Waals surface area contributed by atoms with Crippen molar-refractivity contribution < 1.29 is 23.9 Å². The predicted octanol–water partition coefficient (Wildman–Crippen LogP) is 2.56. The van der Waals surface area contributed by atoms with Gasteiger partial charge in [-0.05, 0) is 26.0 Å². The molecule has 0 amide bonds. The van der Waals surface area contributed by atoms with E-state index in [1.807, 2.05) is 36.6 Å². The topological polar surface area (TPSA) is 103 Å². The van der Waals surface area contributed by atoms with E-state index in [4.69, 9.17) is 9.47 Å². The average molecular weight is 405 g/mol. The highest BCUT2D eigenvalue weighted by atomic mass is 16.6. The van der Waals surface area contributed by atoms with E-state index >= 15 is 0 Å². The van der Waals surface area contributed by atoms with Crippen LogP contribution in [0.4, 0.5) is 0 Å². The predicted molar refractivity (Wildman–Crippen MR) is 106 cm³/mol. The molecule has 0 saturated carbocycles. The van der Waals surface area contributed by atoms with Crippen molar-refractivity contribution in [3.8, 4) is 0 Å². The molecule has 0 fully saturated rings. The van der Waals surface area contributed by atoms with Crippen LogP contribution in [-0.2, 0) is 25.6 Å². The SMILES string of the molecule is Cc1ccc2[nH]c3c(c2c1)C(=O)C(Cn1ccnc1C)C1OC(=O)/C=C\C(=O)OC31. The molecular weight excluding hydrogens is 386 g/mol. The quantitative estimate of drug-likeness (QED) is 0.658. The van der Waals surface area contributed by atoms with Crippen LogP contribution in [0.25, 0.3) is 10.9 Å². The van der Waals surface area contributed by atoms with Gasteiger partial charge in [-0.25, -0.2) is 14.6 Å². The number of carbonyl (C=O) groups excluding carboxylic acids is 3. The first kappa shape index (κ1) is 18.4. The Morgan fingerprint density at radius 1 is 1.10 bits per heavy atom. The first-order chi connectivity index (χ1) is 14.4. The summed E-state index contributed by atoms with van der Waals surface area (Å²) in [5.74, 6) is -1.51. The molecular formula is C22H19N3O5. The maximum atomic E-state index is 13.7. The minimum Gasteiger partial charge on any atom is -0.454 e. The van der Waals surface area contributed by atoms with Gasteiger partial charge in [-0.2, -0.15) is 0 Å². The molecule has 1 N–H and O–H groups in total. The van der Waals surface area contributed by atoms with E-state index in [2.05, 4.69) is 9.97 Å². The van der Waals surface area contributed by atoms with Crippen LogP contribution >= 0.6 is 0 Å². The molecule has 1 aromatic carbocycles. The van der Waals surface area contributed by atoms with Crippen LogP contribution in [0.2, 0.25) is 0 Å². The Kier molecular flexibility index (Phi) is 4.09. The van der Waals surface area contributed by atoms with E-state index in [1.165, 1.54) is 0 Å². The number of esters is 2. The first-order valence-electron chi connectivity index (χ1n) is 9.66. The lowest BCUT2D eigenvalue weighted by atomic mass is 9.80. The van der Waals surface area contributed by atoms with E-state index in [-0.39, 0.29) is 12.3 Å². The average Bonchev–Trinajstić information content (AvgIpc) is 3.28. The van der Waals surface area contributed by atoms with Crippen LogP contribution in [-0.4, -0.2) is 38.4 Å². The number of nitrogens with zero attached hydrogens (tertiary/aromatic N) is 2. The summed E-state index contributed by atoms with van der Waals surface area (Å²) in [4.78, 5) is 45.6. The molecule has 8 nitrogen and oxygen atoms in total. The molecule has 30 heavy (non-hydrogen) atoms. The Labute approximate surface area is 171 Å². The van der Waals surface area contributed by atoms with Crippen molar-refractivity contribution in [2.45, 2.75) is 32.6 Å². The maximum Gasteiger partial charge on any atom is 0.331 e. The fourth-order valence-electron chi connectivity index (χ4n) is 4.25. The van der Waals surface area contributed by atoms with Crippen LogP contribution in [0, 0.1) is 19.8 Å². The van der Waals surface area contributed by atoms with Crippen molar-refractivity contribution in [1.29, 1.82) is 0 Å². The summed E-state index contributed by atoms with van der Waals surface area (Å²) < 4.78 is 13.1. The minimum atomic E-state index is -0.956. The number of benzene rings is 1. The zero-order valence-electron chi connectivity index (χ0n) is 16.4. The molecule has 8 heteroatoms. The summed E-state index contributed by atoms with van der Waals surface area (Å²) in [6.07, 6.45) is 3.60. The number of carbonyl (C=O) groups is 3. The number of hydrogen-bond acceptors (Lipinski definition) is 6. The molecule has 152 valence electrons.